The van der Waals surface area contributed by atoms with Crippen LogP contribution in [0.3, 0.4) is 0 Å². The number of nitrogens with one attached hydrogen (secondary N) is 2. The molecule has 142 valence electrons. The SMILES string of the molecule is C=C/C=C(\N=C)c1ccnc(Nc2cc(C)c3[nH]c(C(=O)N(C)C)cc3c2)n1. The molecule has 3 aromatic rings. The van der Waals surface area contributed by atoms with E-state index in [0.717, 1.165) is 22.2 Å². The Morgan fingerprint density at radius 3 is 2.79 bits per heavy atom. The fraction of sp³-hybridized carbons (Fsp3) is 0.143. The predicted molar refractivity (Wildman–Crippen MR) is 114 cm³/mol. The molecule has 2 N–H and O–H groups in total. The molecular weight excluding hydrogens is 352 g/mol. The van der Waals surface area contributed by atoms with Crippen LogP contribution < -0.4 is 5.32 Å². The molecule has 7 nitrogen and oxygen atoms in total. The van der Waals surface area contributed by atoms with Gasteiger partial charge in [0.05, 0.1) is 11.4 Å². The molecule has 0 unspecified atom stereocenters. The van der Waals surface area contributed by atoms with E-state index in [4.69, 9.17) is 0 Å². The van der Waals surface area contributed by atoms with Crippen LogP contribution in [0, 0.1) is 6.92 Å². The Labute approximate surface area is 163 Å². The largest absolute Gasteiger partial charge is 0.350 e. The van der Waals surface area contributed by atoms with Crippen molar-refractivity contribution in [2.45, 2.75) is 6.92 Å². The van der Waals surface area contributed by atoms with Gasteiger partial charge in [-0.3, -0.25) is 9.79 Å². The third-order valence-electron chi connectivity index (χ3n) is 4.18. The van der Waals surface area contributed by atoms with E-state index in [1.54, 1.807) is 43.4 Å². The highest BCUT2D eigenvalue weighted by Gasteiger charge is 2.13. The smallest absolute Gasteiger partial charge is 0.269 e. The summed E-state index contributed by atoms with van der Waals surface area (Å²) < 4.78 is 0. The van der Waals surface area contributed by atoms with Gasteiger partial charge in [0, 0.05) is 36.9 Å². The van der Waals surface area contributed by atoms with Crippen LogP contribution >= 0.6 is 0 Å². The first kappa shape index (κ1) is 19.0. The molecule has 0 bridgehead atoms. The van der Waals surface area contributed by atoms with Crippen LogP contribution in [-0.4, -0.2) is 46.6 Å². The minimum atomic E-state index is -0.0698. The quantitative estimate of drug-likeness (QED) is 0.505. The number of hydrogen-bond donors (Lipinski definition) is 2. The molecule has 0 aliphatic rings. The van der Waals surface area contributed by atoms with E-state index in [-0.39, 0.29) is 5.91 Å². The Kier molecular flexibility index (Phi) is 5.35. The van der Waals surface area contributed by atoms with Crippen LogP contribution in [0.1, 0.15) is 21.7 Å². The summed E-state index contributed by atoms with van der Waals surface area (Å²) in [5, 5.41) is 4.15. The van der Waals surface area contributed by atoms with Crippen molar-refractivity contribution in [3.8, 4) is 0 Å². The van der Waals surface area contributed by atoms with E-state index >= 15 is 0 Å². The normalized spacial score (nSPS) is 11.3. The van der Waals surface area contributed by atoms with E-state index in [9.17, 15) is 4.79 Å². The van der Waals surface area contributed by atoms with Gasteiger partial charge in [0.25, 0.3) is 5.91 Å². The summed E-state index contributed by atoms with van der Waals surface area (Å²) in [6.45, 7) is 9.22. The van der Waals surface area contributed by atoms with Gasteiger partial charge in [-0.25, -0.2) is 9.97 Å². The Hall–Kier alpha value is -3.74. The van der Waals surface area contributed by atoms with Crippen molar-refractivity contribution in [3.63, 3.8) is 0 Å². The van der Waals surface area contributed by atoms with Gasteiger partial charge in [-0.05, 0) is 49.5 Å². The van der Waals surface area contributed by atoms with Gasteiger partial charge in [0.1, 0.15) is 5.69 Å². The lowest BCUT2D eigenvalue weighted by Crippen LogP contribution is -2.21. The van der Waals surface area contributed by atoms with Gasteiger partial charge in [0.15, 0.2) is 0 Å². The lowest BCUT2D eigenvalue weighted by molar-refractivity contribution is 0.0823. The zero-order valence-electron chi connectivity index (χ0n) is 16.2. The maximum Gasteiger partial charge on any atom is 0.269 e. The second-order valence-electron chi connectivity index (χ2n) is 6.48. The number of benzene rings is 1. The second kappa shape index (κ2) is 7.87. The first-order valence-corrected chi connectivity index (χ1v) is 8.68. The van der Waals surface area contributed by atoms with Gasteiger partial charge in [0.2, 0.25) is 5.95 Å². The molecule has 1 amide bonds. The second-order valence-corrected chi connectivity index (χ2v) is 6.48. The standard InChI is InChI=1S/C21H22N6O/c1-6-7-16(22-3)17-8-9-23-21(26-17)24-15-10-13(2)19-14(11-15)12-18(25-19)20(28)27(4)5/h6-12,25H,1,3H2,2,4-5H3,(H,23,24,26)/b16-7-. The number of allylic oxidation sites excluding steroid dienone is 2. The molecule has 2 aromatic heterocycles. The average molecular weight is 374 g/mol. The first-order chi connectivity index (χ1) is 13.4. The molecule has 0 radical (unpaired) electrons. The number of rotatable bonds is 6. The molecular formula is C21H22N6O. The average Bonchev–Trinajstić information content (AvgIpc) is 3.10. The fourth-order valence-corrected chi connectivity index (χ4v) is 2.87. The van der Waals surface area contributed by atoms with Crippen molar-refractivity contribution in [3.05, 3.63) is 66.1 Å². The molecule has 0 aliphatic carbocycles. The monoisotopic (exact) mass is 374 g/mol. The molecule has 7 heteroatoms. The van der Waals surface area contributed by atoms with Crippen LogP contribution in [0.15, 0.2) is 54.2 Å². The number of amides is 1. The maximum absolute atomic E-state index is 12.2. The van der Waals surface area contributed by atoms with Crippen molar-refractivity contribution in [2.24, 2.45) is 4.99 Å². The van der Waals surface area contributed by atoms with Crippen molar-refractivity contribution in [1.82, 2.24) is 19.9 Å². The van der Waals surface area contributed by atoms with Gasteiger partial charge in [-0.2, -0.15) is 0 Å². The maximum atomic E-state index is 12.2. The number of H-pyrrole nitrogens is 1. The number of nitrogens with zero attached hydrogens (tertiary/aromatic N) is 4. The van der Waals surface area contributed by atoms with Crippen LogP contribution in [0.25, 0.3) is 16.6 Å². The molecule has 0 saturated carbocycles. The van der Waals surface area contributed by atoms with Crippen LogP contribution in [0.4, 0.5) is 11.6 Å². The molecule has 1 aromatic carbocycles. The summed E-state index contributed by atoms with van der Waals surface area (Å²) >= 11 is 0. The summed E-state index contributed by atoms with van der Waals surface area (Å²) in [5.41, 5.74) is 4.57. The topological polar surface area (TPSA) is 86.3 Å². The summed E-state index contributed by atoms with van der Waals surface area (Å²) in [6.07, 6.45) is 5.02. The lowest BCUT2D eigenvalue weighted by atomic mass is 10.1. The van der Waals surface area contributed by atoms with Gasteiger partial charge in [-0.1, -0.05) is 12.7 Å². The zero-order valence-corrected chi connectivity index (χ0v) is 16.2. The molecule has 3 rings (SSSR count). The predicted octanol–water partition coefficient (Wildman–Crippen LogP) is 3.94. The Bertz CT molecular complexity index is 1090. The number of fused-ring (bicyclic) bond motifs is 1. The molecule has 0 atom stereocenters. The molecule has 0 spiro atoms. The number of aliphatic imine (C=N–C) groups is 1. The number of aromatic amines is 1. The summed E-state index contributed by atoms with van der Waals surface area (Å²) in [4.78, 5) is 29.7. The van der Waals surface area contributed by atoms with E-state index < -0.39 is 0 Å². The fourth-order valence-electron chi connectivity index (χ4n) is 2.87. The molecule has 0 aliphatic heterocycles. The highest BCUT2D eigenvalue weighted by molar-refractivity contribution is 5.99. The number of aromatic nitrogens is 3. The first-order valence-electron chi connectivity index (χ1n) is 8.68. The third kappa shape index (κ3) is 3.83. The zero-order chi connectivity index (χ0) is 20.3. The minimum Gasteiger partial charge on any atom is -0.350 e. The third-order valence-corrected chi connectivity index (χ3v) is 4.18. The highest BCUT2D eigenvalue weighted by Crippen LogP contribution is 2.26. The number of anilines is 2. The summed E-state index contributed by atoms with van der Waals surface area (Å²) in [7, 11) is 3.45. The number of aryl methyl sites for hydroxylation is 1. The van der Waals surface area contributed by atoms with Crippen molar-refractivity contribution >= 4 is 40.9 Å². The minimum absolute atomic E-state index is 0.0698. The van der Waals surface area contributed by atoms with Crippen molar-refractivity contribution in [1.29, 1.82) is 0 Å². The van der Waals surface area contributed by atoms with Gasteiger partial charge < -0.3 is 15.2 Å². The number of carbonyl (C=O) groups is 1. The molecule has 0 fully saturated rings. The lowest BCUT2D eigenvalue weighted by Gasteiger charge is -2.08. The van der Waals surface area contributed by atoms with E-state index in [0.29, 0.717) is 23.0 Å². The van der Waals surface area contributed by atoms with E-state index in [1.165, 1.54) is 0 Å². The van der Waals surface area contributed by atoms with Crippen LogP contribution in [0.5, 0.6) is 0 Å². The van der Waals surface area contributed by atoms with Crippen LogP contribution in [-0.2, 0) is 0 Å². The van der Waals surface area contributed by atoms with Crippen molar-refractivity contribution in [2.75, 3.05) is 19.4 Å². The molecule has 28 heavy (non-hydrogen) atoms. The molecule has 0 saturated heterocycles. The molecule has 2 heterocycles. The van der Waals surface area contributed by atoms with E-state index in [1.807, 2.05) is 25.1 Å². The summed E-state index contributed by atoms with van der Waals surface area (Å²) in [6, 6.07) is 7.53. The van der Waals surface area contributed by atoms with Crippen molar-refractivity contribution < 1.29 is 4.79 Å². The van der Waals surface area contributed by atoms with Gasteiger partial charge in [-0.15, -0.1) is 0 Å². The highest BCUT2D eigenvalue weighted by atomic mass is 16.2. The van der Waals surface area contributed by atoms with Gasteiger partial charge >= 0.3 is 0 Å². The Morgan fingerprint density at radius 1 is 1.32 bits per heavy atom. The summed E-state index contributed by atoms with van der Waals surface area (Å²) in [5.74, 6) is 0.370. The number of hydrogen-bond acceptors (Lipinski definition) is 5. The van der Waals surface area contributed by atoms with E-state index in [2.05, 4.69) is 38.6 Å². The van der Waals surface area contributed by atoms with Crippen LogP contribution in [0.2, 0.25) is 0 Å². The number of carbonyl (C=O) groups excluding carboxylic acids is 1. The Balaban J connectivity index is 1.95. The Morgan fingerprint density at radius 2 is 2.11 bits per heavy atom.